The molecule has 1 aliphatic heterocycles. The Balaban J connectivity index is 2.66. The summed E-state index contributed by atoms with van der Waals surface area (Å²) in [5, 5.41) is 9.06. The highest BCUT2D eigenvalue weighted by molar-refractivity contribution is 7.89. The number of hydrogen-bond donors (Lipinski definition) is 1. The first kappa shape index (κ1) is 20.9. The predicted octanol–water partition coefficient (Wildman–Crippen LogP) is 0.529. The maximum atomic E-state index is 12.3. The number of carboxylic acid groups (broad SMARTS) is 1. The van der Waals surface area contributed by atoms with Crippen LogP contribution in [0.5, 0.6) is 0 Å². The van der Waals surface area contributed by atoms with Crippen LogP contribution >= 0.6 is 0 Å². The molecule has 0 bridgehead atoms. The van der Waals surface area contributed by atoms with Crippen LogP contribution in [-0.2, 0) is 24.3 Å². The summed E-state index contributed by atoms with van der Waals surface area (Å²) in [5.74, 6) is -1.30. The lowest BCUT2D eigenvalue weighted by Gasteiger charge is -2.37. The average molecular weight is 364 g/mol. The minimum absolute atomic E-state index is 0.00760. The summed E-state index contributed by atoms with van der Waals surface area (Å²) in [7, 11) is -3.24. The molecule has 0 saturated carbocycles. The number of ether oxygens (including phenoxy) is 1. The fourth-order valence-corrected chi connectivity index (χ4v) is 3.84. The molecule has 1 fully saturated rings. The quantitative estimate of drug-likeness (QED) is 0.640. The van der Waals surface area contributed by atoms with Crippen molar-refractivity contribution in [3.05, 3.63) is 0 Å². The van der Waals surface area contributed by atoms with Crippen molar-refractivity contribution in [1.29, 1.82) is 0 Å². The zero-order valence-electron chi connectivity index (χ0n) is 14.6. The molecule has 0 spiro atoms. The van der Waals surface area contributed by atoms with Crippen molar-refractivity contribution in [1.82, 2.24) is 9.21 Å². The lowest BCUT2D eigenvalue weighted by molar-refractivity contribution is -0.147. The van der Waals surface area contributed by atoms with E-state index >= 15 is 0 Å². The highest BCUT2D eigenvalue weighted by atomic mass is 32.2. The lowest BCUT2D eigenvalue weighted by Crippen LogP contribution is -2.50. The molecule has 1 heterocycles. The number of carbonyl (C=O) groups excluding carboxylic acids is 1. The zero-order valence-corrected chi connectivity index (χ0v) is 15.4. The maximum absolute atomic E-state index is 12.3. The number of hydrogen-bond acceptors (Lipinski definition) is 5. The molecule has 1 N–H and O–H groups in total. The standard InChI is InChI=1S/C15H28N2O6S/c1-4-24(21,22)16-8-5-13(6-9-16)17(11-15(19)20)14(18)7-10-23-12(2)3/h12-13H,4-11H2,1-3H3,(H,19,20). The van der Waals surface area contributed by atoms with E-state index < -0.39 is 16.0 Å². The van der Waals surface area contributed by atoms with Gasteiger partial charge in [0, 0.05) is 19.1 Å². The monoisotopic (exact) mass is 364 g/mol. The van der Waals surface area contributed by atoms with E-state index in [4.69, 9.17) is 9.84 Å². The largest absolute Gasteiger partial charge is 0.480 e. The molecule has 8 nitrogen and oxygen atoms in total. The highest BCUT2D eigenvalue weighted by Gasteiger charge is 2.32. The van der Waals surface area contributed by atoms with Gasteiger partial charge in [-0.05, 0) is 33.6 Å². The Kier molecular flexibility index (Phi) is 8.11. The molecule has 0 aromatic rings. The van der Waals surface area contributed by atoms with Crippen LogP contribution in [-0.4, -0.2) is 78.7 Å². The van der Waals surface area contributed by atoms with Gasteiger partial charge in [-0.25, -0.2) is 12.7 Å². The van der Waals surface area contributed by atoms with Crippen LogP contribution in [0.15, 0.2) is 0 Å². The second kappa shape index (κ2) is 9.33. The molecule has 24 heavy (non-hydrogen) atoms. The summed E-state index contributed by atoms with van der Waals surface area (Å²) in [4.78, 5) is 24.8. The summed E-state index contributed by atoms with van der Waals surface area (Å²) in [6.07, 6.45) is 1.03. The fraction of sp³-hybridized carbons (Fsp3) is 0.867. The van der Waals surface area contributed by atoms with E-state index in [1.54, 1.807) is 6.92 Å². The Bertz CT molecular complexity index is 526. The van der Waals surface area contributed by atoms with Crippen molar-refractivity contribution in [2.45, 2.75) is 52.2 Å². The Morgan fingerprint density at radius 2 is 1.88 bits per heavy atom. The average Bonchev–Trinajstić information content (AvgIpc) is 2.52. The minimum atomic E-state index is -3.24. The normalized spacial score (nSPS) is 17.2. The lowest BCUT2D eigenvalue weighted by atomic mass is 10.0. The van der Waals surface area contributed by atoms with Crippen LogP contribution in [0.25, 0.3) is 0 Å². The van der Waals surface area contributed by atoms with Gasteiger partial charge in [-0.3, -0.25) is 9.59 Å². The first-order valence-corrected chi connectivity index (χ1v) is 9.89. The molecule has 0 aromatic carbocycles. The second-order valence-corrected chi connectivity index (χ2v) is 8.37. The minimum Gasteiger partial charge on any atom is -0.480 e. The molecule has 0 radical (unpaired) electrons. The molecule has 1 aliphatic rings. The first-order valence-electron chi connectivity index (χ1n) is 8.28. The van der Waals surface area contributed by atoms with Gasteiger partial charge in [0.15, 0.2) is 0 Å². The Labute approximate surface area is 143 Å². The van der Waals surface area contributed by atoms with Crippen LogP contribution in [0.3, 0.4) is 0 Å². The Morgan fingerprint density at radius 3 is 2.33 bits per heavy atom. The van der Waals surface area contributed by atoms with Crippen molar-refractivity contribution < 1.29 is 27.9 Å². The van der Waals surface area contributed by atoms with Crippen LogP contribution in [0.4, 0.5) is 0 Å². The fourth-order valence-electron chi connectivity index (χ4n) is 2.71. The summed E-state index contributed by atoms with van der Waals surface area (Å²) < 4.78 is 30.5. The van der Waals surface area contributed by atoms with Gasteiger partial charge in [0.2, 0.25) is 15.9 Å². The molecule has 0 atom stereocenters. The molecule has 0 aromatic heterocycles. The molecular weight excluding hydrogens is 336 g/mol. The summed E-state index contributed by atoms with van der Waals surface area (Å²) >= 11 is 0. The smallest absolute Gasteiger partial charge is 0.323 e. The summed E-state index contributed by atoms with van der Waals surface area (Å²) in [6, 6.07) is -0.254. The number of aliphatic carboxylic acids is 1. The Hall–Kier alpha value is -1.19. The van der Waals surface area contributed by atoms with Crippen molar-refractivity contribution in [3.8, 4) is 0 Å². The Morgan fingerprint density at radius 1 is 1.29 bits per heavy atom. The van der Waals surface area contributed by atoms with Crippen molar-refractivity contribution in [3.63, 3.8) is 0 Å². The number of carboxylic acids is 1. The van der Waals surface area contributed by atoms with E-state index in [9.17, 15) is 18.0 Å². The SMILES string of the molecule is CCS(=O)(=O)N1CCC(N(CC(=O)O)C(=O)CCOC(C)C)CC1. The molecule has 9 heteroatoms. The van der Waals surface area contributed by atoms with E-state index in [2.05, 4.69) is 0 Å². The van der Waals surface area contributed by atoms with Crippen molar-refractivity contribution in [2.75, 3.05) is 32.0 Å². The van der Waals surface area contributed by atoms with Gasteiger partial charge in [0.1, 0.15) is 6.54 Å². The molecule has 1 amide bonds. The van der Waals surface area contributed by atoms with Gasteiger partial charge in [0.05, 0.1) is 24.9 Å². The third-order valence-corrected chi connectivity index (χ3v) is 5.90. The third kappa shape index (κ3) is 6.37. The topological polar surface area (TPSA) is 104 Å². The highest BCUT2D eigenvalue weighted by Crippen LogP contribution is 2.20. The van der Waals surface area contributed by atoms with E-state index in [0.29, 0.717) is 25.9 Å². The molecule has 1 saturated heterocycles. The molecule has 0 unspecified atom stereocenters. The molecular formula is C15H28N2O6S. The van der Waals surface area contributed by atoms with Gasteiger partial charge in [-0.1, -0.05) is 0 Å². The van der Waals surface area contributed by atoms with Gasteiger partial charge >= 0.3 is 5.97 Å². The maximum Gasteiger partial charge on any atom is 0.323 e. The van der Waals surface area contributed by atoms with Gasteiger partial charge in [-0.2, -0.15) is 0 Å². The van der Waals surface area contributed by atoms with Crippen LogP contribution in [0.2, 0.25) is 0 Å². The number of amides is 1. The number of carbonyl (C=O) groups is 2. The van der Waals surface area contributed by atoms with Crippen LogP contribution < -0.4 is 0 Å². The molecule has 1 rings (SSSR count). The zero-order chi connectivity index (χ0) is 18.3. The molecule has 140 valence electrons. The summed E-state index contributed by atoms with van der Waals surface area (Å²) in [5.41, 5.74) is 0. The van der Waals surface area contributed by atoms with Crippen LogP contribution in [0.1, 0.15) is 40.0 Å². The van der Waals surface area contributed by atoms with E-state index in [-0.39, 0.29) is 43.4 Å². The number of sulfonamides is 1. The van der Waals surface area contributed by atoms with Crippen molar-refractivity contribution in [2.24, 2.45) is 0 Å². The van der Waals surface area contributed by atoms with Crippen molar-refractivity contribution >= 4 is 21.9 Å². The van der Waals surface area contributed by atoms with Gasteiger partial charge in [-0.15, -0.1) is 0 Å². The van der Waals surface area contributed by atoms with E-state index in [1.165, 1.54) is 9.21 Å². The van der Waals surface area contributed by atoms with Gasteiger partial charge in [0.25, 0.3) is 0 Å². The number of piperidine rings is 1. The summed E-state index contributed by atoms with van der Waals surface area (Å²) in [6.45, 7) is 5.82. The van der Waals surface area contributed by atoms with E-state index in [1.807, 2.05) is 13.8 Å². The second-order valence-electron chi connectivity index (χ2n) is 6.12. The van der Waals surface area contributed by atoms with Gasteiger partial charge < -0.3 is 14.7 Å². The third-order valence-electron chi connectivity index (χ3n) is 4.02. The number of nitrogens with zero attached hydrogens (tertiary/aromatic N) is 2. The van der Waals surface area contributed by atoms with E-state index in [0.717, 1.165) is 0 Å². The molecule has 0 aliphatic carbocycles. The predicted molar refractivity (Wildman–Crippen MR) is 89.1 cm³/mol. The van der Waals surface area contributed by atoms with Crippen LogP contribution in [0, 0.1) is 0 Å². The first-order chi connectivity index (χ1) is 11.2. The number of rotatable bonds is 9.